The van der Waals surface area contributed by atoms with Gasteiger partial charge in [-0.15, -0.1) is 0 Å². The van der Waals surface area contributed by atoms with Crippen molar-refractivity contribution in [1.29, 1.82) is 0 Å². The Morgan fingerprint density at radius 2 is 1.93 bits per heavy atom. The van der Waals surface area contributed by atoms with Gasteiger partial charge in [0, 0.05) is 34.1 Å². The molecule has 0 aliphatic rings. The van der Waals surface area contributed by atoms with E-state index >= 15 is 0 Å². The molecule has 0 atom stereocenters. The topological polar surface area (TPSA) is 72.5 Å². The zero-order valence-electron chi connectivity index (χ0n) is 15.9. The van der Waals surface area contributed by atoms with Crippen LogP contribution in [0.5, 0.6) is 0 Å². The zero-order chi connectivity index (χ0) is 20.3. The average Bonchev–Trinajstić information content (AvgIpc) is 2.94. The summed E-state index contributed by atoms with van der Waals surface area (Å²) >= 11 is 6.14. The van der Waals surface area contributed by atoms with Crippen LogP contribution in [0.4, 0.5) is 5.69 Å². The van der Waals surface area contributed by atoms with Crippen LogP contribution >= 0.6 is 11.6 Å². The van der Waals surface area contributed by atoms with Gasteiger partial charge in [-0.3, -0.25) is 10.1 Å². The van der Waals surface area contributed by atoms with Gasteiger partial charge in [0.25, 0.3) is 5.69 Å². The number of benzene rings is 2. The molecule has 0 saturated carbocycles. The fraction of sp³-hybridized carbons (Fsp3) is 0.190. The molecule has 1 N–H and O–H groups in total. The highest BCUT2D eigenvalue weighted by Gasteiger charge is 2.15. The number of halogens is 1. The molecule has 7 heteroatoms. The van der Waals surface area contributed by atoms with Gasteiger partial charge >= 0.3 is 0 Å². The summed E-state index contributed by atoms with van der Waals surface area (Å²) in [5, 5.41) is 16.1. The summed E-state index contributed by atoms with van der Waals surface area (Å²) < 4.78 is 2.01. The maximum Gasteiger partial charge on any atom is 0.271 e. The van der Waals surface area contributed by atoms with Gasteiger partial charge in [0.05, 0.1) is 23.4 Å². The van der Waals surface area contributed by atoms with E-state index in [1.807, 2.05) is 55.7 Å². The summed E-state index contributed by atoms with van der Waals surface area (Å²) in [7, 11) is 0. The van der Waals surface area contributed by atoms with Crippen molar-refractivity contribution in [2.24, 2.45) is 5.10 Å². The number of nitrogens with zero attached hydrogens (tertiary/aromatic N) is 3. The Bertz CT molecular complexity index is 1060. The van der Waals surface area contributed by atoms with E-state index in [-0.39, 0.29) is 10.6 Å². The number of aromatic nitrogens is 1. The molecule has 3 rings (SSSR count). The van der Waals surface area contributed by atoms with E-state index in [0.717, 1.165) is 33.8 Å². The third kappa shape index (κ3) is 4.07. The van der Waals surface area contributed by atoms with Gasteiger partial charge in [-0.05, 0) is 44.0 Å². The first-order valence-electron chi connectivity index (χ1n) is 8.82. The van der Waals surface area contributed by atoms with Crippen LogP contribution in [0.15, 0.2) is 53.6 Å². The van der Waals surface area contributed by atoms with Crippen molar-refractivity contribution in [3.63, 3.8) is 0 Å². The van der Waals surface area contributed by atoms with Crippen molar-refractivity contribution < 1.29 is 4.92 Å². The lowest BCUT2D eigenvalue weighted by atomic mass is 10.1. The molecule has 0 aliphatic heterocycles. The van der Waals surface area contributed by atoms with E-state index in [1.165, 1.54) is 6.07 Å². The van der Waals surface area contributed by atoms with Crippen molar-refractivity contribution >= 4 is 23.5 Å². The van der Waals surface area contributed by atoms with Crippen molar-refractivity contribution in [1.82, 2.24) is 9.99 Å². The fourth-order valence-corrected chi connectivity index (χ4v) is 3.33. The number of rotatable bonds is 6. The van der Waals surface area contributed by atoms with Crippen LogP contribution in [0.2, 0.25) is 5.02 Å². The number of aryl methyl sites for hydroxylation is 2. The van der Waals surface area contributed by atoms with Crippen molar-refractivity contribution in [2.45, 2.75) is 27.3 Å². The first-order valence-corrected chi connectivity index (χ1v) is 9.20. The van der Waals surface area contributed by atoms with E-state index in [0.29, 0.717) is 11.6 Å². The number of non-ortho nitro benzene ring substituents is 1. The molecule has 0 radical (unpaired) electrons. The van der Waals surface area contributed by atoms with Gasteiger partial charge in [-0.1, -0.05) is 35.9 Å². The number of hydrogen-bond donors (Lipinski definition) is 1. The van der Waals surface area contributed by atoms with Crippen LogP contribution in [-0.2, 0) is 6.54 Å². The molecule has 6 nitrogen and oxygen atoms in total. The minimum atomic E-state index is -0.377. The molecule has 0 unspecified atom stereocenters. The third-order valence-electron chi connectivity index (χ3n) is 4.64. The summed E-state index contributed by atoms with van der Waals surface area (Å²) in [6.45, 7) is 6.41. The van der Waals surface area contributed by atoms with Crippen LogP contribution in [0.1, 0.15) is 28.1 Å². The number of nitro benzene ring substituents is 1. The number of nitro groups is 1. The molecule has 1 heterocycles. The molecule has 0 fully saturated rings. The highest BCUT2D eigenvalue weighted by molar-refractivity contribution is 6.31. The second-order valence-electron chi connectivity index (χ2n) is 6.57. The van der Waals surface area contributed by atoms with Gasteiger partial charge in [0.2, 0.25) is 0 Å². The predicted molar refractivity (Wildman–Crippen MR) is 113 cm³/mol. The Morgan fingerprint density at radius 3 is 2.64 bits per heavy atom. The normalized spacial score (nSPS) is 11.1. The molecular formula is C21H21ClN4O2. The smallest absolute Gasteiger partial charge is 0.271 e. The lowest BCUT2D eigenvalue weighted by molar-refractivity contribution is -0.384. The van der Waals surface area contributed by atoms with Crippen LogP contribution in [-0.4, -0.2) is 15.7 Å². The van der Waals surface area contributed by atoms with Gasteiger partial charge < -0.3 is 9.99 Å². The molecule has 0 aliphatic carbocycles. The molecule has 144 valence electrons. The van der Waals surface area contributed by atoms with Gasteiger partial charge in [0.15, 0.2) is 0 Å². The van der Waals surface area contributed by atoms with E-state index in [4.69, 9.17) is 11.6 Å². The number of hydrogen-bond acceptors (Lipinski definition) is 4. The fourth-order valence-electron chi connectivity index (χ4n) is 3.13. The van der Waals surface area contributed by atoms with Crippen LogP contribution in [0, 0.1) is 30.9 Å². The van der Waals surface area contributed by atoms with Crippen LogP contribution in [0.3, 0.4) is 0 Å². The summed E-state index contributed by atoms with van der Waals surface area (Å²) in [6.07, 6.45) is 1.75. The van der Waals surface area contributed by atoms with Gasteiger partial charge in [-0.25, -0.2) is 0 Å². The maximum atomic E-state index is 11.1. The monoisotopic (exact) mass is 396 g/mol. The Hall–Kier alpha value is -3.12. The summed E-state index contributed by atoms with van der Waals surface area (Å²) in [4.78, 5) is 10.8. The largest absolute Gasteiger partial charge is 0.317 e. The Morgan fingerprint density at radius 1 is 1.18 bits per heavy atom. The molecule has 0 spiro atoms. The molecule has 0 saturated heterocycles. The number of hydrazone groups is 1. The first-order chi connectivity index (χ1) is 13.4. The second-order valence-corrected chi connectivity index (χ2v) is 6.98. The standard InChI is InChI=1S/C21H21ClN4O2/c1-14-8-9-19(26(27)28)11-21(14)25-15(2)10-18(16(25)3)13-24-23-12-17-6-4-5-7-20(17)22/h4-11,13,23H,12H2,1-3H3/b24-13-. The predicted octanol–water partition coefficient (Wildman–Crippen LogP) is 5.09. The Labute approximate surface area is 168 Å². The highest BCUT2D eigenvalue weighted by atomic mass is 35.5. The van der Waals surface area contributed by atoms with Crippen LogP contribution < -0.4 is 5.43 Å². The molecule has 3 aromatic rings. The minimum Gasteiger partial charge on any atom is -0.317 e. The summed E-state index contributed by atoms with van der Waals surface area (Å²) in [6, 6.07) is 14.5. The maximum absolute atomic E-state index is 11.1. The summed E-state index contributed by atoms with van der Waals surface area (Å²) in [5.74, 6) is 0. The SMILES string of the molecule is Cc1ccc([N+](=O)[O-])cc1-n1c(C)cc(/C=N\NCc2ccccc2Cl)c1C. The molecular weight excluding hydrogens is 376 g/mol. The molecule has 0 bridgehead atoms. The zero-order valence-corrected chi connectivity index (χ0v) is 16.7. The second kappa shape index (κ2) is 8.27. The highest BCUT2D eigenvalue weighted by Crippen LogP contribution is 2.26. The van der Waals surface area contributed by atoms with E-state index < -0.39 is 0 Å². The van der Waals surface area contributed by atoms with E-state index in [2.05, 4.69) is 10.5 Å². The molecule has 1 aromatic heterocycles. The van der Waals surface area contributed by atoms with Gasteiger partial charge in [0.1, 0.15) is 0 Å². The number of nitrogens with one attached hydrogen (secondary N) is 1. The van der Waals surface area contributed by atoms with Gasteiger partial charge in [-0.2, -0.15) is 5.10 Å². The average molecular weight is 397 g/mol. The quantitative estimate of drug-likeness (QED) is 0.358. The van der Waals surface area contributed by atoms with Crippen molar-refractivity contribution in [3.8, 4) is 5.69 Å². The van der Waals surface area contributed by atoms with Crippen LogP contribution in [0.25, 0.3) is 5.69 Å². The third-order valence-corrected chi connectivity index (χ3v) is 5.01. The van der Waals surface area contributed by atoms with E-state index in [1.54, 1.807) is 18.3 Å². The molecule has 28 heavy (non-hydrogen) atoms. The lowest BCUT2D eigenvalue weighted by Gasteiger charge is -2.12. The Kier molecular flexibility index (Phi) is 5.80. The Balaban J connectivity index is 1.83. The van der Waals surface area contributed by atoms with Crippen molar-refractivity contribution in [2.75, 3.05) is 0 Å². The lowest BCUT2D eigenvalue weighted by Crippen LogP contribution is -2.06. The minimum absolute atomic E-state index is 0.0738. The molecule has 0 amide bonds. The summed E-state index contributed by atoms with van der Waals surface area (Å²) in [5.41, 5.74) is 8.70. The molecule has 2 aromatic carbocycles. The van der Waals surface area contributed by atoms with E-state index in [9.17, 15) is 10.1 Å². The first kappa shape index (κ1) is 19.6. The van der Waals surface area contributed by atoms with Crippen molar-refractivity contribution in [3.05, 3.63) is 91.7 Å².